The van der Waals surface area contributed by atoms with Crippen molar-refractivity contribution in [1.29, 1.82) is 0 Å². The summed E-state index contributed by atoms with van der Waals surface area (Å²) < 4.78 is 0. The van der Waals surface area contributed by atoms with E-state index < -0.39 is 0 Å². The van der Waals surface area contributed by atoms with Crippen molar-refractivity contribution < 1.29 is 0 Å². The van der Waals surface area contributed by atoms with Crippen molar-refractivity contribution in [2.24, 2.45) is 23.5 Å². The molecule has 0 amide bonds. The van der Waals surface area contributed by atoms with Gasteiger partial charge in [-0.25, -0.2) is 0 Å². The minimum absolute atomic E-state index is 0.132. The number of hydrogen-bond acceptors (Lipinski definition) is 1. The Kier molecular flexibility index (Phi) is 4.00. The van der Waals surface area contributed by atoms with E-state index in [2.05, 4.69) is 27.7 Å². The predicted octanol–water partition coefficient (Wildman–Crippen LogP) is 3.58. The molecule has 0 radical (unpaired) electrons. The molecule has 0 heterocycles. The molecule has 14 heavy (non-hydrogen) atoms. The average Bonchev–Trinajstić information content (AvgIpc) is 2.15. The maximum absolute atomic E-state index is 6.57. The molecule has 0 spiro atoms. The third kappa shape index (κ3) is 2.50. The first-order valence-electron chi connectivity index (χ1n) is 6.28. The number of hydrogen-bond donors (Lipinski definition) is 1. The molecule has 4 unspecified atom stereocenters. The molecule has 0 aromatic rings. The van der Waals surface area contributed by atoms with Crippen LogP contribution in [0.2, 0.25) is 0 Å². The van der Waals surface area contributed by atoms with Gasteiger partial charge in [0, 0.05) is 5.54 Å². The fourth-order valence-corrected chi connectivity index (χ4v) is 2.97. The van der Waals surface area contributed by atoms with Crippen LogP contribution in [0.5, 0.6) is 0 Å². The summed E-state index contributed by atoms with van der Waals surface area (Å²) in [5.41, 5.74) is 6.70. The third-order valence-electron chi connectivity index (χ3n) is 4.47. The Bertz CT molecular complexity index is 178. The highest BCUT2D eigenvalue weighted by atomic mass is 14.8. The van der Waals surface area contributed by atoms with E-state index in [4.69, 9.17) is 5.73 Å². The average molecular weight is 197 g/mol. The molecule has 0 aromatic heterocycles. The van der Waals surface area contributed by atoms with Crippen LogP contribution in [0.3, 0.4) is 0 Å². The molecule has 1 nitrogen and oxygen atoms in total. The fraction of sp³-hybridized carbons (Fsp3) is 1.00. The lowest BCUT2D eigenvalue weighted by atomic mass is 9.66. The minimum Gasteiger partial charge on any atom is -0.325 e. The van der Waals surface area contributed by atoms with Gasteiger partial charge in [-0.3, -0.25) is 0 Å². The molecule has 1 saturated carbocycles. The largest absolute Gasteiger partial charge is 0.325 e. The van der Waals surface area contributed by atoms with Gasteiger partial charge in [0.1, 0.15) is 0 Å². The van der Waals surface area contributed by atoms with E-state index in [0.717, 1.165) is 11.8 Å². The Morgan fingerprint density at radius 1 is 1.43 bits per heavy atom. The first-order chi connectivity index (χ1) is 6.49. The van der Waals surface area contributed by atoms with E-state index >= 15 is 0 Å². The smallest absolute Gasteiger partial charge is 0.0185 e. The summed E-state index contributed by atoms with van der Waals surface area (Å²) in [6.45, 7) is 9.33. The summed E-state index contributed by atoms with van der Waals surface area (Å²) in [5, 5.41) is 0. The number of rotatable bonds is 3. The van der Waals surface area contributed by atoms with E-state index in [0.29, 0.717) is 5.92 Å². The van der Waals surface area contributed by atoms with Gasteiger partial charge in [0.15, 0.2) is 0 Å². The molecule has 84 valence electrons. The van der Waals surface area contributed by atoms with Gasteiger partial charge in [-0.2, -0.15) is 0 Å². The molecule has 1 aliphatic carbocycles. The second-order valence-corrected chi connectivity index (χ2v) is 5.61. The summed E-state index contributed by atoms with van der Waals surface area (Å²) in [7, 11) is 0. The maximum atomic E-state index is 6.57. The molecule has 0 aliphatic heterocycles. The zero-order valence-electron chi connectivity index (χ0n) is 10.3. The van der Waals surface area contributed by atoms with Crippen LogP contribution < -0.4 is 5.73 Å². The monoisotopic (exact) mass is 197 g/mol. The molecule has 4 atom stereocenters. The highest BCUT2D eigenvalue weighted by Gasteiger charge is 2.37. The first kappa shape index (κ1) is 12.0. The lowest BCUT2D eigenvalue weighted by Crippen LogP contribution is -2.51. The zero-order valence-corrected chi connectivity index (χ0v) is 10.3. The zero-order chi connectivity index (χ0) is 10.8. The van der Waals surface area contributed by atoms with Crippen molar-refractivity contribution in [3.63, 3.8) is 0 Å². The van der Waals surface area contributed by atoms with Gasteiger partial charge >= 0.3 is 0 Å². The van der Waals surface area contributed by atoms with Crippen molar-refractivity contribution in [3.8, 4) is 0 Å². The Balaban J connectivity index is 2.62. The highest BCUT2D eigenvalue weighted by molar-refractivity contribution is 4.95. The van der Waals surface area contributed by atoms with E-state index in [1.165, 1.54) is 32.1 Å². The summed E-state index contributed by atoms with van der Waals surface area (Å²) in [6, 6.07) is 0. The van der Waals surface area contributed by atoms with Gasteiger partial charge < -0.3 is 5.73 Å². The Hall–Kier alpha value is -0.0400. The second kappa shape index (κ2) is 4.65. The summed E-state index contributed by atoms with van der Waals surface area (Å²) in [5.74, 6) is 2.28. The van der Waals surface area contributed by atoms with Crippen LogP contribution in [-0.4, -0.2) is 5.54 Å². The van der Waals surface area contributed by atoms with Crippen molar-refractivity contribution in [2.75, 3.05) is 0 Å². The van der Waals surface area contributed by atoms with Crippen LogP contribution in [0.25, 0.3) is 0 Å². The molecular weight excluding hydrogens is 170 g/mol. The molecule has 1 heteroatoms. The second-order valence-electron chi connectivity index (χ2n) is 5.61. The van der Waals surface area contributed by atoms with E-state index in [1.807, 2.05) is 0 Å². The molecule has 0 bridgehead atoms. The summed E-state index contributed by atoms with van der Waals surface area (Å²) >= 11 is 0. The van der Waals surface area contributed by atoms with Gasteiger partial charge in [0.05, 0.1) is 0 Å². The molecule has 0 aromatic carbocycles. The maximum Gasteiger partial charge on any atom is 0.0185 e. The topological polar surface area (TPSA) is 26.0 Å². The SMILES string of the molecule is CCC(C)C(C)C1(N)CCCC(C)C1. The van der Waals surface area contributed by atoms with Crippen LogP contribution in [0.1, 0.15) is 59.8 Å². The van der Waals surface area contributed by atoms with Crippen LogP contribution in [0.4, 0.5) is 0 Å². The van der Waals surface area contributed by atoms with E-state index in [9.17, 15) is 0 Å². The van der Waals surface area contributed by atoms with Crippen molar-refractivity contribution in [3.05, 3.63) is 0 Å². The molecule has 0 saturated heterocycles. The van der Waals surface area contributed by atoms with Gasteiger partial charge in [-0.05, 0) is 30.6 Å². The van der Waals surface area contributed by atoms with Crippen molar-refractivity contribution in [2.45, 2.75) is 65.3 Å². The molecular formula is C13H27N. The fourth-order valence-electron chi connectivity index (χ4n) is 2.97. The Labute approximate surface area is 89.5 Å². The molecule has 1 fully saturated rings. The van der Waals surface area contributed by atoms with E-state index in [1.54, 1.807) is 0 Å². The molecule has 1 rings (SSSR count). The lowest BCUT2D eigenvalue weighted by Gasteiger charge is -2.43. The molecule has 1 aliphatic rings. The Morgan fingerprint density at radius 2 is 2.07 bits per heavy atom. The summed E-state index contributed by atoms with van der Waals surface area (Å²) in [4.78, 5) is 0. The van der Waals surface area contributed by atoms with Gasteiger partial charge in [-0.1, -0.05) is 47.0 Å². The normalized spacial score (nSPS) is 37.9. The summed E-state index contributed by atoms with van der Waals surface area (Å²) in [6.07, 6.45) is 6.44. The Morgan fingerprint density at radius 3 is 2.57 bits per heavy atom. The van der Waals surface area contributed by atoms with Crippen LogP contribution in [-0.2, 0) is 0 Å². The van der Waals surface area contributed by atoms with Crippen LogP contribution >= 0.6 is 0 Å². The quantitative estimate of drug-likeness (QED) is 0.735. The standard InChI is InChI=1S/C13H27N/c1-5-11(3)12(4)13(14)8-6-7-10(2)9-13/h10-12H,5-9,14H2,1-4H3. The third-order valence-corrected chi connectivity index (χ3v) is 4.47. The first-order valence-corrected chi connectivity index (χ1v) is 6.28. The van der Waals surface area contributed by atoms with Crippen LogP contribution in [0.15, 0.2) is 0 Å². The van der Waals surface area contributed by atoms with Gasteiger partial charge in [0.25, 0.3) is 0 Å². The van der Waals surface area contributed by atoms with Crippen LogP contribution in [0, 0.1) is 17.8 Å². The van der Waals surface area contributed by atoms with Gasteiger partial charge in [0.2, 0.25) is 0 Å². The van der Waals surface area contributed by atoms with E-state index in [-0.39, 0.29) is 5.54 Å². The number of nitrogens with two attached hydrogens (primary N) is 1. The predicted molar refractivity (Wildman–Crippen MR) is 63.2 cm³/mol. The van der Waals surface area contributed by atoms with Crippen molar-refractivity contribution >= 4 is 0 Å². The minimum atomic E-state index is 0.132. The highest BCUT2D eigenvalue weighted by Crippen LogP contribution is 2.38. The molecule has 2 N–H and O–H groups in total. The van der Waals surface area contributed by atoms with Gasteiger partial charge in [-0.15, -0.1) is 0 Å². The lowest BCUT2D eigenvalue weighted by molar-refractivity contribution is 0.130. The van der Waals surface area contributed by atoms with Crippen molar-refractivity contribution in [1.82, 2.24) is 0 Å².